The Balaban J connectivity index is 2.38. The minimum absolute atomic E-state index is 0.00874. The lowest BCUT2D eigenvalue weighted by Gasteiger charge is -2.24. The smallest absolute Gasteiger partial charge is 0.230 e. The summed E-state index contributed by atoms with van der Waals surface area (Å²) in [6.07, 6.45) is 0.827. The highest BCUT2D eigenvalue weighted by molar-refractivity contribution is 9.10. The molecule has 1 N–H and O–H groups in total. The molecule has 0 aliphatic rings. The first-order chi connectivity index (χ1) is 12.5. The van der Waals surface area contributed by atoms with E-state index in [-0.39, 0.29) is 6.61 Å². The third-order valence-corrected chi connectivity index (χ3v) is 4.79. The Kier molecular flexibility index (Phi) is 8.00. The third kappa shape index (κ3) is 5.25. The van der Waals surface area contributed by atoms with Crippen LogP contribution < -0.4 is 4.90 Å². The van der Waals surface area contributed by atoms with Crippen molar-refractivity contribution in [2.75, 3.05) is 24.7 Å². The van der Waals surface area contributed by atoms with Crippen molar-refractivity contribution < 1.29 is 9.84 Å². The van der Waals surface area contributed by atoms with E-state index in [9.17, 15) is 0 Å². The summed E-state index contributed by atoms with van der Waals surface area (Å²) in [5.41, 5.74) is 4.14. The van der Waals surface area contributed by atoms with E-state index in [2.05, 4.69) is 71.7 Å². The van der Waals surface area contributed by atoms with E-state index >= 15 is 0 Å². The molecule has 0 aliphatic carbocycles. The lowest BCUT2D eigenvalue weighted by molar-refractivity contribution is 0.0796. The van der Waals surface area contributed by atoms with Crippen LogP contribution in [0.1, 0.15) is 50.6 Å². The van der Waals surface area contributed by atoms with Gasteiger partial charge in [0.1, 0.15) is 0 Å². The molecule has 1 heterocycles. The fraction of sp³-hybridized carbons (Fsp3) is 0.500. The number of nitrogens with zero attached hydrogens (tertiary/aromatic N) is 3. The van der Waals surface area contributed by atoms with Gasteiger partial charge in [0, 0.05) is 16.7 Å². The van der Waals surface area contributed by atoms with Gasteiger partial charge in [-0.3, -0.25) is 0 Å². The average molecular weight is 422 g/mol. The Morgan fingerprint density at radius 3 is 2.46 bits per heavy atom. The summed E-state index contributed by atoms with van der Waals surface area (Å²) in [6, 6.07) is 8.40. The van der Waals surface area contributed by atoms with Crippen molar-refractivity contribution in [1.82, 2.24) is 9.97 Å². The summed E-state index contributed by atoms with van der Waals surface area (Å²) in [7, 11) is 0. The molecular formula is C20H28BrN3O2. The van der Waals surface area contributed by atoms with E-state index < -0.39 is 0 Å². The Morgan fingerprint density at radius 1 is 1.15 bits per heavy atom. The van der Waals surface area contributed by atoms with Crippen molar-refractivity contribution in [3.05, 3.63) is 45.7 Å². The fourth-order valence-corrected chi connectivity index (χ4v) is 3.29. The van der Waals surface area contributed by atoms with Crippen LogP contribution in [-0.4, -0.2) is 34.8 Å². The SMILES string of the molecule is CCc1cc(COCCO)nc(N(CC)c2ccc(C(C)C)cc2Br)n1. The monoisotopic (exact) mass is 421 g/mol. The van der Waals surface area contributed by atoms with Gasteiger partial charge in [-0.25, -0.2) is 9.97 Å². The fourth-order valence-electron chi connectivity index (χ4n) is 2.68. The summed E-state index contributed by atoms with van der Waals surface area (Å²) in [4.78, 5) is 11.5. The van der Waals surface area contributed by atoms with Gasteiger partial charge in [0.15, 0.2) is 0 Å². The first-order valence-electron chi connectivity index (χ1n) is 9.12. The zero-order chi connectivity index (χ0) is 19.1. The van der Waals surface area contributed by atoms with E-state index in [1.165, 1.54) is 5.56 Å². The molecule has 26 heavy (non-hydrogen) atoms. The van der Waals surface area contributed by atoms with Gasteiger partial charge in [-0.15, -0.1) is 0 Å². The van der Waals surface area contributed by atoms with Crippen molar-refractivity contribution in [3.8, 4) is 0 Å². The molecule has 142 valence electrons. The maximum Gasteiger partial charge on any atom is 0.230 e. The second-order valence-corrected chi connectivity index (χ2v) is 7.24. The van der Waals surface area contributed by atoms with Crippen molar-refractivity contribution in [2.24, 2.45) is 0 Å². The number of aliphatic hydroxyl groups excluding tert-OH is 1. The number of ether oxygens (including phenoxy) is 1. The molecule has 0 fully saturated rings. The van der Waals surface area contributed by atoms with E-state index in [4.69, 9.17) is 14.8 Å². The van der Waals surface area contributed by atoms with Gasteiger partial charge in [0.05, 0.1) is 31.2 Å². The largest absolute Gasteiger partial charge is 0.394 e. The Hall–Kier alpha value is -1.50. The van der Waals surface area contributed by atoms with E-state index in [1.807, 2.05) is 6.07 Å². The second-order valence-electron chi connectivity index (χ2n) is 6.39. The lowest BCUT2D eigenvalue weighted by atomic mass is 10.0. The summed E-state index contributed by atoms with van der Waals surface area (Å²) in [6.45, 7) is 9.98. The molecule has 0 bridgehead atoms. The van der Waals surface area contributed by atoms with Crippen molar-refractivity contribution in [1.29, 1.82) is 0 Å². The summed E-state index contributed by atoms with van der Waals surface area (Å²) >= 11 is 3.71. The van der Waals surface area contributed by atoms with E-state index in [1.54, 1.807) is 0 Å². The number of hydrogen-bond donors (Lipinski definition) is 1. The van der Waals surface area contributed by atoms with Crippen LogP contribution in [0.3, 0.4) is 0 Å². The third-order valence-electron chi connectivity index (χ3n) is 4.16. The predicted molar refractivity (Wildman–Crippen MR) is 109 cm³/mol. The molecule has 6 heteroatoms. The molecule has 2 rings (SSSR count). The van der Waals surface area contributed by atoms with Crippen LogP contribution in [-0.2, 0) is 17.8 Å². The Bertz CT molecular complexity index is 722. The zero-order valence-corrected chi connectivity index (χ0v) is 17.6. The van der Waals surface area contributed by atoms with Gasteiger partial charge in [-0.1, -0.05) is 26.8 Å². The van der Waals surface area contributed by atoms with E-state index in [0.29, 0.717) is 25.1 Å². The van der Waals surface area contributed by atoms with Gasteiger partial charge in [0.25, 0.3) is 0 Å². The highest BCUT2D eigenvalue weighted by atomic mass is 79.9. The molecule has 0 spiro atoms. The topological polar surface area (TPSA) is 58.5 Å². The van der Waals surface area contributed by atoms with Crippen molar-refractivity contribution >= 4 is 27.6 Å². The van der Waals surface area contributed by atoms with Crippen LogP contribution in [0.5, 0.6) is 0 Å². The maximum atomic E-state index is 8.90. The van der Waals surface area contributed by atoms with Crippen molar-refractivity contribution in [2.45, 2.75) is 46.6 Å². The van der Waals surface area contributed by atoms with Gasteiger partial charge >= 0.3 is 0 Å². The van der Waals surface area contributed by atoms with Gasteiger partial charge in [-0.05, 0) is 59.0 Å². The van der Waals surface area contributed by atoms with E-state index in [0.717, 1.165) is 34.5 Å². The van der Waals surface area contributed by atoms with Crippen LogP contribution in [0.2, 0.25) is 0 Å². The van der Waals surface area contributed by atoms with Crippen LogP contribution in [0.25, 0.3) is 0 Å². The summed E-state index contributed by atoms with van der Waals surface area (Å²) in [5.74, 6) is 1.15. The molecule has 2 aromatic rings. The number of aryl methyl sites for hydroxylation is 1. The Labute approximate surface area is 164 Å². The number of aliphatic hydroxyl groups is 1. The molecule has 0 saturated heterocycles. The number of hydrogen-bond acceptors (Lipinski definition) is 5. The maximum absolute atomic E-state index is 8.90. The normalized spacial score (nSPS) is 11.2. The zero-order valence-electron chi connectivity index (χ0n) is 16.0. The molecule has 0 saturated carbocycles. The van der Waals surface area contributed by atoms with Gasteiger partial charge in [-0.2, -0.15) is 0 Å². The Morgan fingerprint density at radius 2 is 1.88 bits per heavy atom. The van der Waals surface area contributed by atoms with Crippen LogP contribution in [0.15, 0.2) is 28.7 Å². The number of aromatic nitrogens is 2. The molecule has 0 radical (unpaired) electrons. The number of benzene rings is 1. The highest BCUT2D eigenvalue weighted by Gasteiger charge is 2.16. The van der Waals surface area contributed by atoms with Crippen LogP contribution >= 0.6 is 15.9 Å². The molecular weight excluding hydrogens is 394 g/mol. The number of rotatable bonds is 9. The summed E-state index contributed by atoms with van der Waals surface area (Å²) in [5, 5.41) is 8.90. The van der Waals surface area contributed by atoms with Crippen LogP contribution in [0.4, 0.5) is 11.6 Å². The highest BCUT2D eigenvalue weighted by Crippen LogP contribution is 2.33. The lowest BCUT2D eigenvalue weighted by Crippen LogP contribution is -2.21. The molecule has 0 amide bonds. The first-order valence-corrected chi connectivity index (χ1v) is 9.91. The summed E-state index contributed by atoms with van der Waals surface area (Å²) < 4.78 is 6.48. The minimum atomic E-state index is 0.00874. The van der Waals surface area contributed by atoms with Gasteiger partial charge < -0.3 is 14.7 Å². The molecule has 0 atom stereocenters. The number of anilines is 2. The predicted octanol–water partition coefficient (Wildman–Crippen LogP) is 4.59. The van der Waals surface area contributed by atoms with Crippen LogP contribution in [0, 0.1) is 0 Å². The average Bonchev–Trinajstić information content (AvgIpc) is 2.63. The standard InChI is InChI=1S/C20H28BrN3O2/c1-5-16-12-17(13-26-10-9-25)23-20(22-16)24(6-2)19-8-7-15(14(3)4)11-18(19)21/h7-8,11-12,14,25H,5-6,9-10,13H2,1-4H3. The molecule has 1 aromatic carbocycles. The van der Waals surface area contributed by atoms with Gasteiger partial charge in [0.2, 0.25) is 5.95 Å². The first kappa shape index (κ1) is 20.8. The van der Waals surface area contributed by atoms with Crippen molar-refractivity contribution in [3.63, 3.8) is 0 Å². The molecule has 1 aromatic heterocycles. The number of halogens is 1. The second kappa shape index (κ2) is 10.00. The molecule has 0 aliphatic heterocycles. The minimum Gasteiger partial charge on any atom is -0.394 e. The molecule has 5 nitrogen and oxygen atoms in total. The quantitative estimate of drug-likeness (QED) is 0.599. The molecule has 0 unspecified atom stereocenters.